The maximum atomic E-state index is 11.9. The smallest absolute Gasteiger partial charge is 0.387 e. The monoisotopic (exact) mass is 473 g/mol. The van der Waals surface area contributed by atoms with Gasteiger partial charge in [0.1, 0.15) is 30.2 Å². The number of hydrogen-bond donors (Lipinski definition) is 7. The van der Waals surface area contributed by atoms with Gasteiger partial charge in [-0.3, -0.25) is 13.7 Å². The molecule has 16 nitrogen and oxygen atoms in total. The molecule has 0 radical (unpaired) electrons. The van der Waals surface area contributed by atoms with E-state index in [0.717, 1.165) is 11.2 Å². The van der Waals surface area contributed by atoms with Crippen molar-refractivity contribution in [1.29, 1.82) is 0 Å². The summed E-state index contributed by atoms with van der Waals surface area (Å²) >= 11 is 0. The molecule has 19 heteroatoms. The molecular formula is C10H16N6O10P3+. The fourth-order valence-electron chi connectivity index (χ4n) is 2.57. The van der Waals surface area contributed by atoms with Crippen LogP contribution in [0.15, 0.2) is 12.7 Å². The topological polar surface area (TPSA) is 252 Å². The van der Waals surface area contributed by atoms with Crippen molar-refractivity contribution in [2.75, 3.05) is 12.3 Å². The average molecular weight is 473 g/mol. The van der Waals surface area contributed by atoms with Crippen molar-refractivity contribution in [2.45, 2.75) is 24.5 Å². The van der Waals surface area contributed by atoms with Crippen LogP contribution in [0.1, 0.15) is 6.23 Å². The number of nitrogens with zero attached hydrogens (tertiary/aromatic N) is 4. The van der Waals surface area contributed by atoms with Crippen LogP contribution in [-0.2, 0) is 23.0 Å². The number of aromatic nitrogens is 4. The lowest BCUT2D eigenvalue weighted by molar-refractivity contribution is -0.0480. The van der Waals surface area contributed by atoms with E-state index in [1.165, 1.54) is 10.9 Å². The van der Waals surface area contributed by atoms with Crippen molar-refractivity contribution in [3.63, 3.8) is 0 Å². The molecule has 8 N–H and O–H groups in total. The van der Waals surface area contributed by atoms with Crippen LogP contribution < -0.4 is 10.6 Å². The number of imidazole rings is 1. The minimum absolute atomic E-state index is 0.0660. The van der Waals surface area contributed by atoms with Gasteiger partial charge in [-0.05, 0) is 4.57 Å². The Bertz CT molecular complexity index is 1030. The van der Waals surface area contributed by atoms with Gasteiger partial charge >= 0.3 is 22.7 Å². The van der Waals surface area contributed by atoms with Crippen LogP contribution in [-0.4, -0.2) is 69.3 Å². The number of aliphatic hydroxyl groups is 2. The van der Waals surface area contributed by atoms with Crippen LogP contribution in [0.2, 0.25) is 0 Å². The van der Waals surface area contributed by atoms with Crippen molar-refractivity contribution in [3.8, 4) is 0 Å². The molecule has 2 aromatic heterocycles. The van der Waals surface area contributed by atoms with Crippen LogP contribution in [0.25, 0.3) is 11.2 Å². The molecule has 0 aliphatic carbocycles. The number of nitrogens with one attached hydrogen (secondary N) is 1. The Balaban J connectivity index is 1.76. The van der Waals surface area contributed by atoms with E-state index in [0.29, 0.717) is 0 Å². The molecule has 0 amide bonds. The number of hydrogen-bond acceptors (Lipinski definition) is 11. The number of fused-ring (bicyclic) bond motifs is 1. The van der Waals surface area contributed by atoms with Crippen LogP contribution in [0.3, 0.4) is 0 Å². The summed E-state index contributed by atoms with van der Waals surface area (Å²) in [7, 11) is -14.1. The molecule has 29 heavy (non-hydrogen) atoms. The summed E-state index contributed by atoms with van der Waals surface area (Å²) in [4.78, 5) is 40.5. The largest absolute Gasteiger partial charge is 0.619 e. The first kappa shape index (κ1) is 22.3. The molecule has 0 spiro atoms. The Morgan fingerprint density at radius 2 is 1.97 bits per heavy atom. The van der Waals surface area contributed by atoms with Crippen LogP contribution in [0.4, 0.5) is 5.82 Å². The van der Waals surface area contributed by atoms with Crippen molar-refractivity contribution >= 4 is 39.7 Å². The fraction of sp³-hybridized carbons (Fsp3) is 0.500. The van der Waals surface area contributed by atoms with Crippen molar-refractivity contribution < 1.29 is 47.8 Å². The molecular weight excluding hydrogens is 457 g/mol. The third kappa shape index (κ3) is 4.24. The van der Waals surface area contributed by atoms with Gasteiger partial charge in [-0.1, -0.05) is 0 Å². The molecule has 3 rings (SSSR count). The zero-order valence-electron chi connectivity index (χ0n) is 14.2. The van der Waals surface area contributed by atoms with E-state index in [1.54, 1.807) is 0 Å². The fourth-order valence-corrected chi connectivity index (χ4v) is 6.79. The standard InChI is InChI=1S/C10H15N6O10P3/c11-8-5-9(13-2-12-8)16(3-14-5)10-7(18)6(17)4(26-10)1-25-29(23,24)28(21,22)15-27(19)20/h2-4,6-7,10,17-18H,1H2,(H5-,11,12,13,15,19,20,21,22,23,24)/p+1/t4-,6-,7-,10-/m1/s1. The molecule has 3 heterocycles. The van der Waals surface area contributed by atoms with E-state index in [-0.39, 0.29) is 17.0 Å². The van der Waals surface area contributed by atoms with E-state index in [9.17, 15) is 33.7 Å². The molecule has 1 aliphatic heterocycles. The molecule has 0 aromatic carbocycles. The number of anilines is 1. The Morgan fingerprint density at radius 3 is 2.62 bits per heavy atom. The van der Waals surface area contributed by atoms with Crippen molar-refractivity contribution in [1.82, 2.24) is 24.4 Å². The van der Waals surface area contributed by atoms with E-state index in [1.807, 2.05) is 0 Å². The van der Waals surface area contributed by atoms with Crippen LogP contribution in [0, 0.1) is 0 Å². The maximum Gasteiger partial charge on any atom is 0.619 e. The third-order valence-electron chi connectivity index (χ3n) is 3.96. The van der Waals surface area contributed by atoms with E-state index < -0.39 is 53.8 Å². The van der Waals surface area contributed by atoms with Crippen LogP contribution in [0.5, 0.6) is 0 Å². The SMILES string of the molecule is Nc1ncnc2c1ncn2[C@@H]1O[C@H](COP(=O)(O)P(=O)(O)N[P+](=O)O)[C@@H](O)[C@H]1O. The molecule has 7 atom stereocenters. The summed E-state index contributed by atoms with van der Waals surface area (Å²) in [6, 6.07) is 0. The van der Waals surface area contributed by atoms with Gasteiger partial charge in [-0.25, -0.2) is 19.5 Å². The zero-order valence-corrected chi connectivity index (χ0v) is 16.8. The second-order valence-corrected chi connectivity index (χ2v) is 12.6. The summed E-state index contributed by atoms with van der Waals surface area (Å²) < 4.78 is 45.4. The second kappa shape index (κ2) is 8.02. The predicted octanol–water partition coefficient (Wildman–Crippen LogP) is -1.43. The van der Waals surface area contributed by atoms with Gasteiger partial charge in [-0.15, -0.1) is 4.89 Å². The summed E-state index contributed by atoms with van der Waals surface area (Å²) in [6.45, 7) is -0.902. The second-order valence-electron chi connectivity index (χ2n) is 5.83. The lowest BCUT2D eigenvalue weighted by atomic mass is 10.1. The van der Waals surface area contributed by atoms with Gasteiger partial charge in [0.05, 0.1) is 12.9 Å². The highest BCUT2D eigenvalue weighted by atomic mass is 32.1. The molecule has 1 fully saturated rings. The zero-order chi connectivity index (χ0) is 21.6. The normalized spacial score (nSPS) is 29.5. The van der Waals surface area contributed by atoms with E-state index in [4.69, 9.17) is 15.4 Å². The predicted molar refractivity (Wildman–Crippen MR) is 94.2 cm³/mol. The first-order chi connectivity index (χ1) is 13.4. The number of nitrogens with two attached hydrogens (primary N) is 1. The lowest BCUT2D eigenvalue weighted by Crippen LogP contribution is -2.33. The highest BCUT2D eigenvalue weighted by molar-refractivity contribution is 8.29. The Labute approximate surface area is 162 Å². The van der Waals surface area contributed by atoms with Crippen LogP contribution >= 0.6 is 22.7 Å². The van der Waals surface area contributed by atoms with Gasteiger partial charge in [0, 0.05) is 4.86 Å². The van der Waals surface area contributed by atoms with Gasteiger partial charge in [0.25, 0.3) is 0 Å². The van der Waals surface area contributed by atoms with E-state index in [2.05, 4.69) is 19.5 Å². The third-order valence-corrected chi connectivity index (χ3v) is 10.1. The number of ether oxygens (including phenoxy) is 1. The van der Waals surface area contributed by atoms with Crippen molar-refractivity contribution in [2.24, 2.45) is 0 Å². The summed E-state index contributed by atoms with van der Waals surface area (Å²) in [5, 5.41) is 20.4. The van der Waals surface area contributed by atoms with Gasteiger partial charge in [-0.2, -0.15) is 0 Å². The molecule has 3 unspecified atom stereocenters. The number of nitrogen functional groups attached to an aromatic ring is 1. The molecule has 160 valence electrons. The number of aliphatic hydroxyl groups excluding tert-OH is 2. The lowest BCUT2D eigenvalue weighted by Gasteiger charge is -2.18. The molecule has 2 aromatic rings. The summed E-state index contributed by atoms with van der Waals surface area (Å²) in [5.74, 6) is 0.0660. The van der Waals surface area contributed by atoms with Gasteiger partial charge in [0.15, 0.2) is 17.7 Å². The van der Waals surface area contributed by atoms with E-state index >= 15 is 0 Å². The molecule has 1 aliphatic rings. The maximum absolute atomic E-state index is 11.9. The quantitative estimate of drug-likeness (QED) is 0.228. The average Bonchev–Trinajstić information content (AvgIpc) is 3.15. The van der Waals surface area contributed by atoms with Gasteiger partial charge in [0.2, 0.25) is 0 Å². The highest BCUT2D eigenvalue weighted by Gasteiger charge is 2.51. The highest BCUT2D eigenvalue weighted by Crippen LogP contribution is 2.76. The Kier molecular flexibility index (Phi) is 6.16. The first-order valence-electron chi connectivity index (χ1n) is 7.64. The molecule has 1 saturated heterocycles. The first-order valence-corrected chi connectivity index (χ1v) is 12.8. The van der Waals surface area contributed by atoms with Crippen molar-refractivity contribution in [3.05, 3.63) is 12.7 Å². The molecule has 0 saturated carbocycles. The molecule has 0 bridgehead atoms. The Hall–Kier alpha value is -1.41. The summed E-state index contributed by atoms with van der Waals surface area (Å²) in [5.41, 5.74) is 6.07. The minimum atomic E-state index is -5.35. The summed E-state index contributed by atoms with van der Waals surface area (Å²) in [6.07, 6.45) is -3.47. The minimum Gasteiger partial charge on any atom is -0.387 e. The van der Waals surface area contributed by atoms with Gasteiger partial charge < -0.3 is 30.5 Å². The Morgan fingerprint density at radius 1 is 1.28 bits per heavy atom. The number of rotatable bonds is 7.